The number of hydrogen-bond donors (Lipinski definition) is 1. The highest BCUT2D eigenvalue weighted by Crippen LogP contribution is 2.31. The second kappa shape index (κ2) is 3.41. The van der Waals surface area contributed by atoms with Crippen LogP contribution in [-0.2, 0) is 11.3 Å². The van der Waals surface area contributed by atoms with E-state index in [1.54, 1.807) is 4.68 Å². The topological polar surface area (TPSA) is 59.8 Å². The second-order valence-corrected chi connectivity index (χ2v) is 4.40. The molecule has 1 aliphatic heterocycles. The molecule has 2 heterocycles. The molecule has 6 heteroatoms. The van der Waals surface area contributed by atoms with Crippen molar-refractivity contribution in [2.75, 3.05) is 5.32 Å². The number of halogens is 1. The number of fused-ring (bicyclic) bond motifs is 3. The van der Waals surface area contributed by atoms with Gasteiger partial charge >= 0.3 is 0 Å². The lowest BCUT2D eigenvalue weighted by atomic mass is 10.1. The zero-order chi connectivity index (χ0) is 11.1. The van der Waals surface area contributed by atoms with Gasteiger partial charge in [0, 0.05) is 10.0 Å². The summed E-state index contributed by atoms with van der Waals surface area (Å²) in [5, 5.41) is 6.85. The van der Waals surface area contributed by atoms with Gasteiger partial charge in [-0.2, -0.15) is 5.10 Å². The van der Waals surface area contributed by atoms with Crippen molar-refractivity contribution in [3.05, 3.63) is 29.0 Å². The molecule has 0 bridgehead atoms. The van der Waals surface area contributed by atoms with E-state index in [1.807, 2.05) is 18.2 Å². The molecule has 1 N–H and O–H groups in total. The minimum atomic E-state index is -0.0900. The van der Waals surface area contributed by atoms with E-state index in [0.717, 1.165) is 15.7 Å². The summed E-state index contributed by atoms with van der Waals surface area (Å²) in [5.41, 5.74) is 1.64. The zero-order valence-corrected chi connectivity index (χ0v) is 9.73. The Morgan fingerprint density at radius 3 is 3.19 bits per heavy atom. The van der Waals surface area contributed by atoms with Crippen molar-refractivity contribution in [2.45, 2.75) is 6.54 Å². The minimum absolute atomic E-state index is 0.0900. The quantitative estimate of drug-likeness (QED) is 0.797. The third-order valence-electron chi connectivity index (χ3n) is 2.41. The third kappa shape index (κ3) is 1.42. The molecule has 0 saturated carbocycles. The normalized spacial score (nSPS) is 13.7. The summed E-state index contributed by atoms with van der Waals surface area (Å²) in [6.45, 7) is 0.196. The average Bonchev–Trinajstić information content (AvgIpc) is 2.64. The predicted molar refractivity (Wildman–Crippen MR) is 61.8 cm³/mol. The van der Waals surface area contributed by atoms with Crippen molar-refractivity contribution in [2.24, 2.45) is 0 Å². The van der Waals surface area contributed by atoms with Gasteiger partial charge in [0.1, 0.15) is 12.9 Å². The lowest BCUT2D eigenvalue weighted by Crippen LogP contribution is -2.17. The Hall–Kier alpha value is -1.69. The molecule has 0 spiro atoms. The molecule has 80 valence electrons. The Labute approximate surface area is 99.6 Å². The monoisotopic (exact) mass is 278 g/mol. The van der Waals surface area contributed by atoms with Crippen molar-refractivity contribution in [1.29, 1.82) is 0 Å². The number of anilines is 1. The van der Waals surface area contributed by atoms with Crippen LogP contribution in [0.2, 0.25) is 0 Å². The van der Waals surface area contributed by atoms with Crippen molar-refractivity contribution in [1.82, 2.24) is 14.8 Å². The maximum Gasteiger partial charge on any atom is 0.246 e. The lowest BCUT2D eigenvalue weighted by molar-refractivity contribution is -0.116. The van der Waals surface area contributed by atoms with Crippen molar-refractivity contribution >= 4 is 27.5 Å². The van der Waals surface area contributed by atoms with Gasteiger partial charge in [0.15, 0.2) is 5.82 Å². The maximum absolute atomic E-state index is 11.6. The minimum Gasteiger partial charge on any atom is -0.324 e. The van der Waals surface area contributed by atoms with Crippen LogP contribution in [0.15, 0.2) is 29.0 Å². The number of carbonyl (C=O) groups is 1. The van der Waals surface area contributed by atoms with Gasteiger partial charge in [-0.3, -0.25) is 4.79 Å². The largest absolute Gasteiger partial charge is 0.324 e. The van der Waals surface area contributed by atoms with Gasteiger partial charge in [0.2, 0.25) is 5.91 Å². The van der Waals surface area contributed by atoms with Crippen LogP contribution < -0.4 is 5.32 Å². The van der Waals surface area contributed by atoms with Gasteiger partial charge in [-0.25, -0.2) is 9.67 Å². The third-order valence-corrected chi connectivity index (χ3v) is 2.90. The lowest BCUT2D eigenvalue weighted by Gasteiger charge is -2.05. The Morgan fingerprint density at radius 2 is 2.31 bits per heavy atom. The molecule has 2 aromatic rings. The van der Waals surface area contributed by atoms with Crippen molar-refractivity contribution in [3.63, 3.8) is 0 Å². The molecule has 0 unspecified atom stereocenters. The number of hydrogen-bond acceptors (Lipinski definition) is 3. The summed E-state index contributed by atoms with van der Waals surface area (Å²) in [6.07, 6.45) is 1.46. The number of aromatic nitrogens is 3. The number of nitrogens with zero attached hydrogens (tertiary/aromatic N) is 3. The van der Waals surface area contributed by atoms with E-state index in [4.69, 9.17) is 0 Å². The number of rotatable bonds is 0. The van der Waals surface area contributed by atoms with Gasteiger partial charge < -0.3 is 5.32 Å². The van der Waals surface area contributed by atoms with Crippen molar-refractivity contribution in [3.8, 4) is 11.4 Å². The van der Waals surface area contributed by atoms with Crippen LogP contribution in [0.3, 0.4) is 0 Å². The summed E-state index contributed by atoms with van der Waals surface area (Å²) in [4.78, 5) is 15.8. The summed E-state index contributed by atoms with van der Waals surface area (Å²) in [7, 11) is 0. The summed E-state index contributed by atoms with van der Waals surface area (Å²) in [6, 6.07) is 5.65. The number of carbonyl (C=O) groups excluding carboxylic acids is 1. The maximum atomic E-state index is 11.6. The van der Waals surface area contributed by atoms with E-state index in [-0.39, 0.29) is 12.5 Å². The highest BCUT2D eigenvalue weighted by Gasteiger charge is 2.19. The first-order valence-corrected chi connectivity index (χ1v) is 5.51. The Balaban J connectivity index is 2.29. The van der Waals surface area contributed by atoms with Gasteiger partial charge in [-0.05, 0) is 18.2 Å². The van der Waals surface area contributed by atoms with E-state index in [0.29, 0.717) is 5.82 Å². The van der Waals surface area contributed by atoms with Crippen LogP contribution >= 0.6 is 15.9 Å². The SMILES string of the molecule is O=C1Cn2ncnc2-c2cc(Br)ccc2N1. The molecule has 1 aliphatic rings. The molecule has 1 amide bonds. The fourth-order valence-electron chi connectivity index (χ4n) is 1.72. The molecule has 0 saturated heterocycles. The highest BCUT2D eigenvalue weighted by atomic mass is 79.9. The Kier molecular flexibility index (Phi) is 2.03. The van der Waals surface area contributed by atoms with Crippen LogP contribution in [0.1, 0.15) is 0 Å². The molecule has 5 nitrogen and oxygen atoms in total. The van der Waals surface area contributed by atoms with Crippen LogP contribution in [0.5, 0.6) is 0 Å². The fourth-order valence-corrected chi connectivity index (χ4v) is 2.09. The first-order valence-electron chi connectivity index (χ1n) is 4.71. The Morgan fingerprint density at radius 1 is 1.44 bits per heavy atom. The molecular weight excluding hydrogens is 272 g/mol. The van der Waals surface area contributed by atoms with Gasteiger partial charge in [-0.1, -0.05) is 15.9 Å². The molecule has 1 aromatic carbocycles. The van der Waals surface area contributed by atoms with Gasteiger partial charge in [0.25, 0.3) is 0 Å². The average molecular weight is 279 g/mol. The first-order chi connectivity index (χ1) is 7.74. The molecular formula is C10H7BrN4O. The molecule has 1 aromatic heterocycles. The van der Waals surface area contributed by atoms with Crippen molar-refractivity contribution < 1.29 is 4.79 Å². The molecule has 0 aliphatic carbocycles. The van der Waals surface area contributed by atoms with Crippen LogP contribution in [0, 0.1) is 0 Å². The summed E-state index contributed by atoms with van der Waals surface area (Å²) in [5.74, 6) is 0.613. The van der Waals surface area contributed by atoms with E-state index < -0.39 is 0 Å². The van der Waals surface area contributed by atoms with Crippen LogP contribution in [-0.4, -0.2) is 20.7 Å². The Bertz CT molecular complexity index is 578. The van der Waals surface area contributed by atoms with Crippen LogP contribution in [0.25, 0.3) is 11.4 Å². The molecule has 0 radical (unpaired) electrons. The zero-order valence-electron chi connectivity index (χ0n) is 8.14. The summed E-state index contributed by atoms with van der Waals surface area (Å²) < 4.78 is 2.53. The standard InChI is InChI=1S/C10H7BrN4O/c11-6-1-2-8-7(3-6)10-12-5-13-15(10)4-9(16)14-8/h1-3,5H,4H2,(H,14,16). The van der Waals surface area contributed by atoms with Crippen LogP contribution in [0.4, 0.5) is 5.69 Å². The smallest absolute Gasteiger partial charge is 0.246 e. The molecule has 0 fully saturated rings. The van der Waals surface area contributed by atoms with E-state index in [1.165, 1.54) is 6.33 Å². The highest BCUT2D eigenvalue weighted by molar-refractivity contribution is 9.10. The number of amides is 1. The second-order valence-electron chi connectivity index (χ2n) is 3.48. The summed E-state index contributed by atoms with van der Waals surface area (Å²) >= 11 is 3.40. The molecule has 0 atom stereocenters. The van der Waals surface area contributed by atoms with E-state index >= 15 is 0 Å². The molecule has 3 rings (SSSR count). The van der Waals surface area contributed by atoms with E-state index in [2.05, 4.69) is 31.3 Å². The predicted octanol–water partition coefficient (Wildman–Crippen LogP) is 1.66. The number of nitrogens with one attached hydrogen (secondary N) is 1. The molecule has 16 heavy (non-hydrogen) atoms. The first kappa shape index (κ1) is 9.53. The van der Waals surface area contributed by atoms with Gasteiger partial charge in [-0.15, -0.1) is 0 Å². The number of benzene rings is 1. The van der Waals surface area contributed by atoms with Gasteiger partial charge in [0.05, 0.1) is 5.69 Å². The van der Waals surface area contributed by atoms with E-state index in [9.17, 15) is 4.79 Å². The fraction of sp³-hybridized carbons (Fsp3) is 0.100.